The third kappa shape index (κ3) is 3.81. The Morgan fingerprint density at radius 2 is 1.30 bits per heavy atom. The molecule has 5 heteroatoms. The van der Waals surface area contributed by atoms with Gasteiger partial charge < -0.3 is 4.90 Å². The van der Waals surface area contributed by atoms with Crippen molar-refractivity contribution in [2.24, 2.45) is 0 Å². The van der Waals surface area contributed by atoms with Crippen LogP contribution in [-0.4, -0.2) is 41.0 Å². The first-order chi connectivity index (χ1) is 13.3. The molecule has 0 atom stereocenters. The van der Waals surface area contributed by atoms with Gasteiger partial charge in [0.05, 0.1) is 24.0 Å². The Kier molecular flexibility index (Phi) is 5.08. The van der Waals surface area contributed by atoms with E-state index in [1.54, 1.807) is 12.4 Å². The van der Waals surface area contributed by atoms with E-state index < -0.39 is 0 Å². The quantitative estimate of drug-likeness (QED) is 0.719. The molecule has 1 aromatic heterocycles. The van der Waals surface area contributed by atoms with E-state index in [1.165, 1.54) is 11.1 Å². The van der Waals surface area contributed by atoms with Crippen LogP contribution < -0.4 is 4.90 Å². The van der Waals surface area contributed by atoms with Gasteiger partial charge in [-0.15, -0.1) is 0 Å². The summed E-state index contributed by atoms with van der Waals surface area (Å²) in [6.07, 6.45) is 3.18. The van der Waals surface area contributed by atoms with Gasteiger partial charge in [-0.3, -0.25) is 4.90 Å². The largest absolute Gasteiger partial charge is 0.338 e. The highest BCUT2D eigenvalue weighted by molar-refractivity contribution is 5.35. The van der Waals surface area contributed by atoms with Crippen LogP contribution in [0.3, 0.4) is 0 Å². The van der Waals surface area contributed by atoms with Crippen LogP contribution in [-0.2, 0) is 0 Å². The van der Waals surface area contributed by atoms with Gasteiger partial charge in [-0.25, -0.2) is 9.97 Å². The molecule has 0 aliphatic carbocycles. The molecule has 0 spiro atoms. The summed E-state index contributed by atoms with van der Waals surface area (Å²) < 4.78 is 0. The molecule has 1 saturated heterocycles. The topological polar surface area (TPSA) is 56.1 Å². The van der Waals surface area contributed by atoms with Gasteiger partial charge in [0.25, 0.3) is 0 Å². The zero-order chi connectivity index (χ0) is 18.5. The average Bonchev–Trinajstić information content (AvgIpc) is 2.76. The minimum atomic E-state index is 0.247. The maximum Gasteiger partial charge on any atom is 0.225 e. The van der Waals surface area contributed by atoms with Crippen molar-refractivity contribution in [2.45, 2.75) is 6.04 Å². The third-order valence-corrected chi connectivity index (χ3v) is 4.96. The molecule has 1 aliphatic rings. The lowest BCUT2D eigenvalue weighted by molar-refractivity contribution is 0.211. The predicted molar refractivity (Wildman–Crippen MR) is 105 cm³/mol. The van der Waals surface area contributed by atoms with E-state index in [-0.39, 0.29) is 6.04 Å². The van der Waals surface area contributed by atoms with Gasteiger partial charge in [-0.05, 0) is 11.1 Å². The van der Waals surface area contributed by atoms with E-state index in [0.29, 0.717) is 11.5 Å². The zero-order valence-corrected chi connectivity index (χ0v) is 15.1. The molecular weight excluding hydrogens is 334 g/mol. The minimum Gasteiger partial charge on any atom is -0.338 e. The number of benzene rings is 2. The number of hydrogen-bond donors (Lipinski definition) is 0. The number of rotatable bonds is 4. The normalized spacial score (nSPS) is 14.9. The second-order valence-corrected chi connectivity index (χ2v) is 6.63. The first kappa shape index (κ1) is 17.2. The zero-order valence-electron chi connectivity index (χ0n) is 15.1. The lowest BCUT2D eigenvalue weighted by atomic mass is 9.96. The van der Waals surface area contributed by atoms with Crippen molar-refractivity contribution >= 4 is 5.95 Å². The Hall–Kier alpha value is -3.23. The monoisotopic (exact) mass is 355 g/mol. The molecule has 5 nitrogen and oxygen atoms in total. The summed E-state index contributed by atoms with van der Waals surface area (Å²) in [5.41, 5.74) is 3.11. The predicted octanol–water partition coefficient (Wildman–Crippen LogP) is 3.26. The van der Waals surface area contributed by atoms with Crippen LogP contribution in [0.25, 0.3) is 0 Å². The average molecular weight is 355 g/mol. The summed E-state index contributed by atoms with van der Waals surface area (Å²) in [7, 11) is 0. The van der Waals surface area contributed by atoms with Crippen LogP contribution in [0.5, 0.6) is 0 Å². The lowest BCUT2D eigenvalue weighted by Crippen LogP contribution is -2.48. The molecule has 0 saturated carbocycles. The second kappa shape index (κ2) is 7.98. The Morgan fingerprint density at radius 1 is 0.778 bits per heavy atom. The van der Waals surface area contributed by atoms with Gasteiger partial charge in [0.2, 0.25) is 5.95 Å². The van der Waals surface area contributed by atoms with Crippen LogP contribution in [0.2, 0.25) is 0 Å². The number of aromatic nitrogens is 2. The number of nitrogens with zero attached hydrogens (tertiary/aromatic N) is 5. The fourth-order valence-corrected chi connectivity index (χ4v) is 3.61. The Morgan fingerprint density at radius 3 is 1.78 bits per heavy atom. The molecule has 2 heterocycles. The van der Waals surface area contributed by atoms with E-state index >= 15 is 0 Å². The number of hydrogen-bond acceptors (Lipinski definition) is 5. The Labute approximate surface area is 159 Å². The molecule has 3 aromatic rings. The van der Waals surface area contributed by atoms with Gasteiger partial charge >= 0.3 is 0 Å². The van der Waals surface area contributed by atoms with Gasteiger partial charge in [-0.1, -0.05) is 60.7 Å². The van der Waals surface area contributed by atoms with E-state index in [4.69, 9.17) is 5.26 Å². The first-order valence-electron chi connectivity index (χ1n) is 9.16. The Balaban J connectivity index is 1.52. The summed E-state index contributed by atoms with van der Waals surface area (Å²) in [6, 6.07) is 23.7. The maximum absolute atomic E-state index is 8.90. The summed E-state index contributed by atoms with van der Waals surface area (Å²) in [4.78, 5) is 13.4. The van der Waals surface area contributed by atoms with E-state index in [0.717, 1.165) is 26.2 Å². The molecule has 0 bridgehead atoms. The van der Waals surface area contributed by atoms with Crippen LogP contribution in [0.4, 0.5) is 5.95 Å². The van der Waals surface area contributed by atoms with Crippen molar-refractivity contribution in [3.63, 3.8) is 0 Å². The summed E-state index contributed by atoms with van der Waals surface area (Å²) in [6.45, 7) is 3.58. The number of anilines is 1. The summed E-state index contributed by atoms with van der Waals surface area (Å²) >= 11 is 0. The maximum atomic E-state index is 8.90. The van der Waals surface area contributed by atoms with Crippen molar-refractivity contribution in [2.75, 3.05) is 31.1 Å². The number of piperazine rings is 1. The van der Waals surface area contributed by atoms with Crippen molar-refractivity contribution < 1.29 is 0 Å². The van der Waals surface area contributed by atoms with E-state index in [9.17, 15) is 0 Å². The molecule has 0 unspecified atom stereocenters. The van der Waals surface area contributed by atoms with Gasteiger partial charge in [-0.2, -0.15) is 5.26 Å². The number of nitriles is 1. The van der Waals surface area contributed by atoms with Crippen LogP contribution >= 0.6 is 0 Å². The molecule has 0 N–H and O–H groups in total. The van der Waals surface area contributed by atoms with Gasteiger partial charge in [0, 0.05) is 26.2 Å². The van der Waals surface area contributed by atoms with Crippen molar-refractivity contribution in [1.82, 2.24) is 14.9 Å². The minimum absolute atomic E-state index is 0.247. The first-order valence-corrected chi connectivity index (χ1v) is 9.16. The molecule has 27 heavy (non-hydrogen) atoms. The molecule has 1 fully saturated rings. The molecule has 1 aliphatic heterocycles. The molecule has 0 amide bonds. The second-order valence-electron chi connectivity index (χ2n) is 6.63. The highest BCUT2D eigenvalue weighted by atomic mass is 15.3. The third-order valence-electron chi connectivity index (χ3n) is 4.96. The fourth-order valence-electron chi connectivity index (χ4n) is 3.61. The van der Waals surface area contributed by atoms with Crippen molar-refractivity contribution in [1.29, 1.82) is 5.26 Å². The molecular formula is C22H21N5. The highest BCUT2D eigenvalue weighted by Crippen LogP contribution is 2.29. The van der Waals surface area contributed by atoms with Crippen LogP contribution in [0.1, 0.15) is 22.7 Å². The van der Waals surface area contributed by atoms with Crippen molar-refractivity contribution in [3.05, 3.63) is 89.7 Å². The summed E-state index contributed by atoms with van der Waals surface area (Å²) in [5, 5.41) is 8.90. The standard InChI is InChI=1S/C22H21N5/c23-15-18-16-24-22(25-17-18)27-13-11-26(12-14-27)21(19-7-3-1-4-8-19)20-9-5-2-6-10-20/h1-10,16-17,21H,11-14H2. The molecule has 2 aromatic carbocycles. The highest BCUT2D eigenvalue weighted by Gasteiger charge is 2.27. The fraction of sp³-hybridized carbons (Fsp3) is 0.227. The SMILES string of the molecule is N#Cc1cnc(N2CCN(C(c3ccccc3)c3ccccc3)CC2)nc1. The van der Waals surface area contributed by atoms with E-state index in [2.05, 4.69) is 86.5 Å². The summed E-state index contributed by atoms with van der Waals surface area (Å²) in [5.74, 6) is 0.699. The van der Waals surface area contributed by atoms with Crippen LogP contribution in [0, 0.1) is 11.3 Å². The lowest BCUT2D eigenvalue weighted by Gasteiger charge is -2.39. The molecule has 4 rings (SSSR count). The smallest absolute Gasteiger partial charge is 0.225 e. The Bertz CT molecular complexity index is 855. The molecule has 134 valence electrons. The van der Waals surface area contributed by atoms with E-state index in [1.807, 2.05) is 0 Å². The van der Waals surface area contributed by atoms with Gasteiger partial charge in [0.15, 0.2) is 0 Å². The molecule has 0 radical (unpaired) electrons. The van der Waals surface area contributed by atoms with Gasteiger partial charge in [0.1, 0.15) is 6.07 Å². The van der Waals surface area contributed by atoms with Crippen LogP contribution in [0.15, 0.2) is 73.1 Å². The van der Waals surface area contributed by atoms with Crippen molar-refractivity contribution in [3.8, 4) is 6.07 Å².